The average molecular weight is 281 g/mol. The highest BCUT2D eigenvalue weighted by Gasteiger charge is 2.20. The summed E-state index contributed by atoms with van der Waals surface area (Å²) in [6, 6.07) is 4.11. The summed E-state index contributed by atoms with van der Waals surface area (Å²) in [4.78, 5) is 22.1. The maximum atomic E-state index is 12.0. The van der Waals surface area contributed by atoms with E-state index in [2.05, 4.69) is 5.32 Å². The summed E-state index contributed by atoms with van der Waals surface area (Å²) in [5.41, 5.74) is 5.29. The molecule has 1 saturated heterocycles. The van der Waals surface area contributed by atoms with Gasteiger partial charge in [0.15, 0.2) is 0 Å². The lowest BCUT2D eigenvalue weighted by Gasteiger charge is -2.23. The van der Waals surface area contributed by atoms with Gasteiger partial charge < -0.3 is 20.5 Å². The molecule has 0 saturated carbocycles. The van der Waals surface area contributed by atoms with E-state index in [9.17, 15) is 14.9 Å². The minimum absolute atomic E-state index is 0.0796. The van der Waals surface area contributed by atoms with Gasteiger partial charge in [0.05, 0.1) is 36.4 Å². The standard InChI is InChI=1S/C12H15N3O5/c13-11-9(2-1-3-10(11)15(17)18)12(16)14-6-8-7-19-4-5-20-8/h1-3,8H,4-7,13H2,(H,14,16). The van der Waals surface area contributed by atoms with Crippen molar-refractivity contribution in [1.82, 2.24) is 5.32 Å². The number of nitrogen functional groups attached to an aromatic ring is 1. The summed E-state index contributed by atoms with van der Waals surface area (Å²) in [5.74, 6) is -0.472. The molecule has 1 aliphatic rings. The van der Waals surface area contributed by atoms with E-state index in [-0.39, 0.29) is 29.6 Å². The van der Waals surface area contributed by atoms with Crippen molar-refractivity contribution in [3.63, 3.8) is 0 Å². The van der Waals surface area contributed by atoms with Gasteiger partial charge in [0.1, 0.15) is 5.69 Å². The fourth-order valence-electron chi connectivity index (χ4n) is 1.87. The highest BCUT2D eigenvalue weighted by molar-refractivity contribution is 6.00. The van der Waals surface area contributed by atoms with Gasteiger partial charge in [0.25, 0.3) is 11.6 Å². The van der Waals surface area contributed by atoms with Crippen molar-refractivity contribution in [2.75, 3.05) is 32.1 Å². The molecule has 8 nitrogen and oxygen atoms in total. The Morgan fingerprint density at radius 2 is 2.30 bits per heavy atom. The second-order valence-corrected chi connectivity index (χ2v) is 4.27. The third-order valence-electron chi connectivity index (χ3n) is 2.90. The molecule has 1 aliphatic heterocycles. The summed E-state index contributed by atoms with van der Waals surface area (Å²) in [7, 11) is 0. The first-order valence-electron chi connectivity index (χ1n) is 6.10. The Labute approximate surface area is 115 Å². The van der Waals surface area contributed by atoms with Crippen LogP contribution in [0.1, 0.15) is 10.4 Å². The van der Waals surface area contributed by atoms with Crippen LogP contribution in [0.5, 0.6) is 0 Å². The monoisotopic (exact) mass is 281 g/mol. The molecule has 108 valence electrons. The van der Waals surface area contributed by atoms with Crippen LogP contribution in [-0.4, -0.2) is 43.3 Å². The second kappa shape index (κ2) is 6.31. The number of nitrogens with one attached hydrogen (secondary N) is 1. The van der Waals surface area contributed by atoms with E-state index in [4.69, 9.17) is 15.2 Å². The fourth-order valence-corrected chi connectivity index (χ4v) is 1.87. The normalized spacial score (nSPS) is 18.5. The Hall–Kier alpha value is -2.19. The van der Waals surface area contributed by atoms with Crippen molar-refractivity contribution < 1.29 is 19.2 Å². The minimum Gasteiger partial charge on any atom is -0.393 e. The first-order chi connectivity index (χ1) is 9.59. The van der Waals surface area contributed by atoms with Crippen molar-refractivity contribution in [2.45, 2.75) is 6.10 Å². The molecule has 2 rings (SSSR count). The second-order valence-electron chi connectivity index (χ2n) is 4.27. The van der Waals surface area contributed by atoms with E-state index in [1.807, 2.05) is 0 Å². The van der Waals surface area contributed by atoms with E-state index in [0.29, 0.717) is 19.8 Å². The van der Waals surface area contributed by atoms with Gasteiger partial charge in [-0.1, -0.05) is 6.07 Å². The highest BCUT2D eigenvalue weighted by atomic mass is 16.6. The number of anilines is 1. The zero-order valence-corrected chi connectivity index (χ0v) is 10.7. The maximum absolute atomic E-state index is 12.0. The van der Waals surface area contributed by atoms with Crippen LogP contribution in [0.25, 0.3) is 0 Å². The number of hydrogen-bond donors (Lipinski definition) is 2. The zero-order valence-electron chi connectivity index (χ0n) is 10.7. The summed E-state index contributed by atoms with van der Waals surface area (Å²) in [6.45, 7) is 1.70. The van der Waals surface area contributed by atoms with Crippen LogP contribution in [0.15, 0.2) is 18.2 Å². The van der Waals surface area contributed by atoms with Gasteiger partial charge in [0.2, 0.25) is 0 Å². The Balaban J connectivity index is 2.01. The first-order valence-corrected chi connectivity index (χ1v) is 6.10. The van der Waals surface area contributed by atoms with Crippen molar-refractivity contribution in [1.29, 1.82) is 0 Å². The largest absolute Gasteiger partial charge is 0.393 e. The Kier molecular flexibility index (Phi) is 4.49. The molecule has 0 spiro atoms. The van der Waals surface area contributed by atoms with Crippen LogP contribution in [-0.2, 0) is 9.47 Å². The maximum Gasteiger partial charge on any atom is 0.292 e. The number of carbonyl (C=O) groups excluding carboxylic acids is 1. The lowest BCUT2D eigenvalue weighted by molar-refractivity contribution is -0.383. The number of para-hydroxylation sites is 1. The summed E-state index contributed by atoms with van der Waals surface area (Å²) in [6.07, 6.45) is -0.215. The van der Waals surface area contributed by atoms with Gasteiger partial charge >= 0.3 is 0 Å². The van der Waals surface area contributed by atoms with Gasteiger partial charge in [0, 0.05) is 12.6 Å². The highest BCUT2D eigenvalue weighted by Crippen LogP contribution is 2.24. The molecule has 0 radical (unpaired) electrons. The number of hydrogen-bond acceptors (Lipinski definition) is 6. The Morgan fingerprint density at radius 1 is 1.50 bits per heavy atom. The first kappa shape index (κ1) is 14.2. The number of nitro groups is 1. The van der Waals surface area contributed by atoms with Crippen molar-refractivity contribution in [2.24, 2.45) is 0 Å². The lowest BCUT2D eigenvalue weighted by Crippen LogP contribution is -2.39. The van der Waals surface area contributed by atoms with Crippen molar-refractivity contribution >= 4 is 17.3 Å². The number of nitro benzene ring substituents is 1. The van der Waals surface area contributed by atoms with Crippen LogP contribution >= 0.6 is 0 Å². The smallest absolute Gasteiger partial charge is 0.292 e. The van der Waals surface area contributed by atoms with Crippen LogP contribution in [0.4, 0.5) is 11.4 Å². The SMILES string of the molecule is Nc1c(C(=O)NCC2COCCO2)cccc1[N+](=O)[O-]. The van der Waals surface area contributed by atoms with Crippen LogP contribution in [0.3, 0.4) is 0 Å². The average Bonchev–Trinajstić information content (AvgIpc) is 2.46. The number of carbonyl (C=O) groups is 1. The van der Waals surface area contributed by atoms with Crippen LogP contribution < -0.4 is 11.1 Å². The summed E-state index contributed by atoms with van der Waals surface area (Å²) < 4.78 is 10.6. The molecule has 1 aromatic rings. The Morgan fingerprint density at radius 3 is 2.95 bits per heavy atom. The quantitative estimate of drug-likeness (QED) is 0.466. The molecule has 3 N–H and O–H groups in total. The molecule has 1 atom stereocenters. The summed E-state index contributed by atoms with van der Waals surface area (Å²) >= 11 is 0. The predicted octanol–water partition coefficient (Wildman–Crippen LogP) is 0.322. The van der Waals surface area contributed by atoms with Gasteiger partial charge in [-0.25, -0.2) is 0 Å². The molecule has 1 heterocycles. The molecule has 0 aromatic heterocycles. The van der Waals surface area contributed by atoms with Crippen molar-refractivity contribution in [3.8, 4) is 0 Å². The number of nitrogens with zero attached hydrogens (tertiary/aromatic N) is 1. The minimum atomic E-state index is -0.621. The van der Waals surface area contributed by atoms with E-state index >= 15 is 0 Å². The molecule has 0 bridgehead atoms. The van der Waals surface area contributed by atoms with E-state index in [1.165, 1.54) is 18.2 Å². The molecular formula is C12H15N3O5. The van der Waals surface area contributed by atoms with Gasteiger partial charge in [-0.3, -0.25) is 14.9 Å². The zero-order chi connectivity index (χ0) is 14.5. The number of rotatable bonds is 4. The third-order valence-corrected chi connectivity index (χ3v) is 2.90. The number of amides is 1. The number of benzene rings is 1. The molecule has 1 fully saturated rings. The Bertz CT molecular complexity index is 514. The van der Waals surface area contributed by atoms with Gasteiger partial charge in [-0.15, -0.1) is 0 Å². The van der Waals surface area contributed by atoms with Gasteiger partial charge in [-0.2, -0.15) is 0 Å². The molecule has 20 heavy (non-hydrogen) atoms. The van der Waals surface area contributed by atoms with E-state index < -0.39 is 10.8 Å². The number of nitrogens with two attached hydrogens (primary N) is 1. The van der Waals surface area contributed by atoms with Crippen LogP contribution in [0, 0.1) is 10.1 Å². The van der Waals surface area contributed by atoms with Crippen LogP contribution in [0.2, 0.25) is 0 Å². The molecule has 1 unspecified atom stereocenters. The van der Waals surface area contributed by atoms with Gasteiger partial charge in [-0.05, 0) is 6.07 Å². The molecule has 1 aromatic carbocycles. The molecule has 8 heteroatoms. The van der Waals surface area contributed by atoms with E-state index in [0.717, 1.165) is 0 Å². The predicted molar refractivity (Wildman–Crippen MR) is 70.4 cm³/mol. The topological polar surface area (TPSA) is 117 Å². The van der Waals surface area contributed by atoms with Crippen molar-refractivity contribution in [3.05, 3.63) is 33.9 Å². The third kappa shape index (κ3) is 3.22. The fraction of sp³-hybridized carbons (Fsp3) is 0.417. The lowest BCUT2D eigenvalue weighted by atomic mass is 10.1. The van der Waals surface area contributed by atoms with E-state index in [1.54, 1.807) is 0 Å². The summed E-state index contributed by atoms with van der Waals surface area (Å²) in [5, 5.41) is 13.4. The molecule has 1 amide bonds. The molecular weight excluding hydrogens is 266 g/mol. The number of ether oxygens (including phenoxy) is 2. The molecule has 0 aliphatic carbocycles.